The molecule has 0 saturated carbocycles. The maximum absolute atomic E-state index is 13.1. The Bertz CT molecular complexity index is 927. The van der Waals surface area contributed by atoms with Crippen LogP contribution in [0.15, 0.2) is 36.7 Å². The predicted octanol–water partition coefficient (Wildman–Crippen LogP) is 3.21. The van der Waals surface area contributed by atoms with Gasteiger partial charge in [-0.25, -0.2) is 0 Å². The Labute approximate surface area is 152 Å². The Balaban J connectivity index is 1.60. The third-order valence-corrected chi connectivity index (χ3v) is 5.34. The summed E-state index contributed by atoms with van der Waals surface area (Å²) in [6, 6.07) is 8.04. The second-order valence-corrected chi connectivity index (χ2v) is 6.88. The number of aromatic nitrogens is 3. The lowest BCUT2D eigenvalue weighted by molar-refractivity contribution is -0.134. The highest BCUT2D eigenvalue weighted by Gasteiger charge is 2.30. The fraction of sp³-hybridized carbons (Fsp3) is 0.400. The lowest BCUT2D eigenvalue weighted by Gasteiger charge is -2.36. The molecule has 0 aliphatic carbocycles. The van der Waals surface area contributed by atoms with Gasteiger partial charge in [-0.2, -0.15) is 5.10 Å². The van der Waals surface area contributed by atoms with Gasteiger partial charge in [-0.1, -0.05) is 0 Å². The van der Waals surface area contributed by atoms with Crippen molar-refractivity contribution in [3.63, 3.8) is 0 Å². The van der Waals surface area contributed by atoms with Crippen LogP contribution in [0, 0.1) is 0 Å². The van der Waals surface area contributed by atoms with Gasteiger partial charge in [-0.3, -0.25) is 9.48 Å². The van der Waals surface area contributed by atoms with E-state index in [1.54, 1.807) is 13.3 Å². The zero-order valence-electron chi connectivity index (χ0n) is 15.2. The highest BCUT2D eigenvalue weighted by Crippen LogP contribution is 2.32. The average Bonchev–Trinajstić information content (AvgIpc) is 3.27. The van der Waals surface area contributed by atoms with Crippen molar-refractivity contribution < 1.29 is 9.53 Å². The summed E-state index contributed by atoms with van der Waals surface area (Å²) in [5.41, 5.74) is 3.15. The summed E-state index contributed by atoms with van der Waals surface area (Å²) >= 11 is 0. The number of hydrogen-bond donors (Lipinski definition) is 1. The van der Waals surface area contributed by atoms with E-state index in [2.05, 4.69) is 10.1 Å². The highest BCUT2D eigenvalue weighted by molar-refractivity contribution is 5.90. The molecule has 6 heteroatoms. The first-order valence-electron chi connectivity index (χ1n) is 9.08. The molecular weight excluding hydrogens is 328 g/mol. The second-order valence-electron chi connectivity index (χ2n) is 6.88. The molecule has 1 aliphatic rings. The number of hydrogen-bond acceptors (Lipinski definition) is 3. The van der Waals surface area contributed by atoms with Gasteiger partial charge >= 0.3 is 0 Å². The van der Waals surface area contributed by atoms with Crippen molar-refractivity contribution in [2.45, 2.75) is 31.7 Å². The maximum atomic E-state index is 13.1. The molecule has 1 unspecified atom stereocenters. The number of methoxy groups -OCH3 is 1. The number of piperidine rings is 1. The number of nitrogens with one attached hydrogen (secondary N) is 1. The first-order chi connectivity index (χ1) is 12.7. The third kappa shape index (κ3) is 2.96. The van der Waals surface area contributed by atoms with E-state index in [1.165, 1.54) is 0 Å². The highest BCUT2D eigenvalue weighted by atomic mass is 16.5. The minimum atomic E-state index is 0.114. The lowest BCUT2D eigenvalue weighted by atomic mass is 9.98. The quantitative estimate of drug-likeness (QED) is 0.784. The van der Waals surface area contributed by atoms with Crippen molar-refractivity contribution in [2.24, 2.45) is 7.05 Å². The Morgan fingerprint density at radius 3 is 3.00 bits per heavy atom. The van der Waals surface area contributed by atoms with Gasteiger partial charge in [0.15, 0.2) is 0 Å². The molecule has 3 heterocycles. The number of carbonyl (C=O) groups is 1. The van der Waals surface area contributed by atoms with Crippen LogP contribution >= 0.6 is 0 Å². The number of aryl methyl sites for hydroxylation is 1. The standard InChI is InChI=1S/C20H24N4O2/c1-23-18(8-9-22-23)19-5-3-4-10-24(19)20(25)11-14-13-21-17-7-6-15(26-2)12-16(14)17/h6-9,12-13,19,21H,3-5,10-11H2,1-2H3. The van der Waals surface area contributed by atoms with E-state index in [1.807, 2.05) is 47.1 Å². The minimum Gasteiger partial charge on any atom is -0.497 e. The van der Waals surface area contributed by atoms with E-state index in [-0.39, 0.29) is 11.9 Å². The van der Waals surface area contributed by atoms with E-state index in [9.17, 15) is 4.79 Å². The number of fused-ring (bicyclic) bond motifs is 1. The Hall–Kier alpha value is -2.76. The van der Waals surface area contributed by atoms with Crippen LogP contribution in [0.25, 0.3) is 10.9 Å². The van der Waals surface area contributed by atoms with Crippen LogP contribution in [0.1, 0.15) is 36.6 Å². The SMILES string of the molecule is COc1ccc2[nH]cc(CC(=O)N3CCCCC3c3ccnn3C)c2c1. The topological polar surface area (TPSA) is 63.2 Å². The molecular formula is C20H24N4O2. The van der Waals surface area contributed by atoms with E-state index >= 15 is 0 Å². The lowest BCUT2D eigenvalue weighted by Crippen LogP contribution is -2.40. The molecule has 1 saturated heterocycles. The first kappa shape index (κ1) is 16.7. The van der Waals surface area contributed by atoms with E-state index < -0.39 is 0 Å². The molecule has 1 amide bonds. The van der Waals surface area contributed by atoms with Crippen molar-refractivity contribution in [3.05, 3.63) is 47.9 Å². The third-order valence-electron chi connectivity index (χ3n) is 5.34. The fourth-order valence-corrected chi connectivity index (χ4v) is 3.94. The number of likely N-dealkylation sites (tertiary alicyclic amines) is 1. The number of benzene rings is 1. The molecule has 6 nitrogen and oxygen atoms in total. The smallest absolute Gasteiger partial charge is 0.227 e. The van der Waals surface area contributed by atoms with E-state index in [0.29, 0.717) is 6.42 Å². The summed E-state index contributed by atoms with van der Waals surface area (Å²) in [5.74, 6) is 0.969. The van der Waals surface area contributed by atoms with Crippen molar-refractivity contribution in [1.29, 1.82) is 0 Å². The molecule has 1 atom stereocenters. The number of rotatable bonds is 4. The average molecular weight is 352 g/mol. The largest absolute Gasteiger partial charge is 0.497 e. The number of H-pyrrole nitrogens is 1. The number of ether oxygens (including phenoxy) is 1. The van der Waals surface area contributed by atoms with Crippen LogP contribution in [0.3, 0.4) is 0 Å². The van der Waals surface area contributed by atoms with Crippen molar-refractivity contribution in [1.82, 2.24) is 19.7 Å². The number of nitrogens with zero attached hydrogens (tertiary/aromatic N) is 3. The minimum absolute atomic E-state index is 0.114. The molecule has 1 N–H and O–H groups in total. The van der Waals surface area contributed by atoms with Crippen LogP contribution in [0.5, 0.6) is 5.75 Å². The molecule has 0 spiro atoms. The van der Waals surface area contributed by atoms with Crippen LogP contribution < -0.4 is 4.74 Å². The first-order valence-corrected chi connectivity index (χ1v) is 9.08. The van der Waals surface area contributed by atoms with Gasteiger partial charge in [0.2, 0.25) is 5.91 Å². The summed E-state index contributed by atoms with van der Waals surface area (Å²) in [6.07, 6.45) is 7.32. The van der Waals surface area contributed by atoms with Gasteiger partial charge in [0.25, 0.3) is 0 Å². The van der Waals surface area contributed by atoms with Gasteiger partial charge in [0, 0.05) is 36.9 Å². The summed E-state index contributed by atoms with van der Waals surface area (Å²) in [4.78, 5) is 18.4. The molecule has 4 rings (SSSR count). The molecule has 0 radical (unpaired) electrons. The Kier molecular flexibility index (Phi) is 4.41. The maximum Gasteiger partial charge on any atom is 0.227 e. The molecule has 1 aromatic carbocycles. The number of carbonyl (C=O) groups excluding carboxylic acids is 1. The zero-order chi connectivity index (χ0) is 18.1. The molecule has 0 bridgehead atoms. The van der Waals surface area contributed by atoms with Crippen LogP contribution in [-0.2, 0) is 18.3 Å². The summed E-state index contributed by atoms with van der Waals surface area (Å²) < 4.78 is 7.21. The summed E-state index contributed by atoms with van der Waals surface area (Å²) in [7, 11) is 3.60. The normalized spacial score (nSPS) is 17.6. The molecule has 1 fully saturated rings. The Morgan fingerprint density at radius 1 is 1.35 bits per heavy atom. The summed E-state index contributed by atoms with van der Waals surface area (Å²) in [5, 5.41) is 5.33. The Morgan fingerprint density at radius 2 is 2.23 bits per heavy atom. The van der Waals surface area contributed by atoms with Crippen LogP contribution in [-0.4, -0.2) is 39.2 Å². The zero-order valence-corrected chi connectivity index (χ0v) is 15.2. The monoisotopic (exact) mass is 352 g/mol. The number of aromatic amines is 1. The molecule has 136 valence electrons. The van der Waals surface area contributed by atoms with Gasteiger partial charge < -0.3 is 14.6 Å². The van der Waals surface area contributed by atoms with Gasteiger partial charge in [-0.15, -0.1) is 0 Å². The molecule has 26 heavy (non-hydrogen) atoms. The van der Waals surface area contributed by atoms with Crippen LogP contribution in [0.4, 0.5) is 0 Å². The van der Waals surface area contributed by atoms with Gasteiger partial charge in [0.1, 0.15) is 5.75 Å². The number of amides is 1. The van der Waals surface area contributed by atoms with Gasteiger partial charge in [-0.05, 0) is 49.1 Å². The van der Waals surface area contributed by atoms with Gasteiger partial charge in [0.05, 0.1) is 25.3 Å². The summed E-state index contributed by atoms with van der Waals surface area (Å²) in [6.45, 7) is 0.806. The van der Waals surface area contributed by atoms with Crippen molar-refractivity contribution >= 4 is 16.8 Å². The van der Waals surface area contributed by atoms with Crippen LogP contribution in [0.2, 0.25) is 0 Å². The van der Waals surface area contributed by atoms with Crippen molar-refractivity contribution in [2.75, 3.05) is 13.7 Å². The van der Waals surface area contributed by atoms with Crippen molar-refractivity contribution in [3.8, 4) is 5.75 Å². The molecule has 2 aromatic heterocycles. The van der Waals surface area contributed by atoms with E-state index in [0.717, 1.165) is 53.7 Å². The molecule has 1 aliphatic heterocycles. The fourth-order valence-electron chi connectivity index (χ4n) is 3.94. The van der Waals surface area contributed by atoms with E-state index in [4.69, 9.17) is 4.74 Å². The molecule has 3 aromatic rings. The second kappa shape index (κ2) is 6.86. The predicted molar refractivity (Wildman–Crippen MR) is 100 cm³/mol.